The maximum Gasteiger partial charge on any atom is 0.312 e. The maximum atomic E-state index is 12.3. The Kier molecular flexibility index (Phi) is 6.18. The van der Waals surface area contributed by atoms with Crippen LogP contribution in [0.15, 0.2) is 24.5 Å². The third-order valence-electron chi connectivity index (χ3n) is 4.15. The molecule has 1 aliphatic heterocycles. The van der Waals surface area contributed by atoms with Crippen molar-refractivity contribution in [2.24, 2.45) is 11.7 Å². The molecule has 0 unspecified atom stereocenters. The highest BCUT2D eigenvalue weighted by Gasteiger charge is 2.23. The second-order valence-electron chi connectivity index (χ2n) is 5.76. The number of likely N-dealkylation sites (tertiary alicyclic amines) is 1. The molecule has 2 heterocycles. The number of pyridine rings is 1. The maximum absolute atomic E-state index is 12.3. The van der Waals surface area contributed by atoms with E-state index in [1.54, 1.807) is 18.5 Å². The monoisotopic (exact) mass is 304 g/mol. The van der Waals surface area contributed by atoms with E-state index in [1.807, 2.05) is 11.0 Å². The Hall–Kier alpha value is -2.11. The summed E-state index contributed by atoms with van der Waals surface area (Å²) in [7, 11) is 0. The summed E-state index contributed by atoms with van der Waals surface area (Å²) in [6.07, 6.45) is 8.59. The van der Waals surface area contributed by atoms with Crippen molar-refractivity contribution in [3.05, 3.63) is 30.1 Å². The fourth-order valence-electron chi connectivity index (χ4n) is 2.87. The minimum absolute atomic E-state index is 0.0807. The number of nitrogens with zero attached hydrogens (tertiary/aromatic N) is 2. The van der Waals surface area contributed by atoms with Crippen LogP contribution in [-0.2, 0) is 0 Å². The predicted octanol–water partition coefficient (Wildman–Crippen LogP) is 1.77. The molecule has 6 heteroatoms. The van der Waals surface area contributed by atoms with Gasteiger partial charge in [-0.2, -0.15) is 0 Å². The molecule has 22 heavy (non-hydrogen) atoms. The molecular weight excluding hydrogens is 280 g/mol. The molecule has 0 aromatic carbocycles. The van der Waals surface area contributed by atoms with E-state index < -0.39 is 6.03 Å². The standard InChI is InChI=1S/C16H24N4O2/c17-16(22)19-9-2-1-4-13-6-10-20(11-7-13)15(21)14-5-3-8-18-12-14/h3,5,8,12-13H,1-2,4,6-7,9-11H2,(H3,17,19,22). The molecule has 1 aromatic rings. The third kappa shape index (κ3) is 5.02. The van der Waals surface area contributed by atoms with Crippen molar-refractivity contribution in [2.45, 2.75) is 32.1 Å². The Balaban J connectivity index is 1.65. The fourth-order valence-corrected chi connectivity index (χ4v) is 2.87. The van der Waals surface area contributed by atoms with E-state index in [2.05, 4.69) is 10.3 Å². The molecule has 3 amide bonds. The SMILES string of the molecule is NC(=O)NCCCCC1CCN(C(=O)c2cccnc2)CC1. The summed E-state index contributed by atoms with van der Waals surface area (Å²) in [5.74, 6) is 0.753. The minimum Gasteiger partial charge on any atom is -0.352 e. The van der Waals surface area contributed by atoms with E-state index in [1.165, 1.54) is 0 Å². The smallest absolute Gasteiger partial charge is 0.312 e. The highest BCUT2D eigenvalue weighted by molar-refractivity contribution is 5.93. The molecule has 1 aliphatic rings. The minimum atomic E-state index is -0.456. The molecule has 0 atom stereocenters. The topological polar surface area (TPSA) is 88.3 Å². The normalized spacial score (nSPS) is 15.5. The molecule has 0 radical (unpaired) electrons. The number of piperidine rings is 1. The van der Waals surface area contributed by atoms with Crippen LogP contribution in [0.25, 0.3) is 0 Å². The Morgan fingerprint density at radius 2 is 2.09 bits per heavy atom. The predicted molar refractivity (Wildman–Crippen MR) is 84.3 cm³/mol. The van der Waals surface area contributed by atoms with Gasteiger partial charge < -0.3 is 16.0 Å². The van der Waals surface area contributed by atoms with E-state index in [0.717, 1.165) is 45.2 Å². The van der Waals surface area contributed by atoms with Crippen LogP contribution >= 0.6 is 0 Å². The first-order chi connectivity index (χ1) is 10.7. The van der Waals surface area contributed by atoms with Gasteiger partial charge in [0.05, 0.1) is 5.56 Å². The van der Waals surface area contributed by atoms with Gasteiger partial charge in [-0.1, -0.05) is 12.8 Å². The van der Waals surface area contributed by atoms with E-state index in [4.69, 9.17) is 5.73 Å². The Labute approximate surface area is 131 Å². The van der Waals surface area contributed by atoms with Crippen LogP contribution in [0.3, 0.4) is 0 Å². The zero-order valence-corrected chi connectivity index (χ0v) is 12.8. The second kappa shape index (κ2) is 8.36. The largest absolute Gasteiger partial charge is 0.352 e. The quantitative estimate of drug-likeness (QED) is 0.785. The van der Waals surface area contributed by atoms with Gasteiger partial charge in [0.1, 0.15) is 0 Å². The van der Waals surface area contributed by atoms with Gasteiger partial charge in [0.2, 0.25) is 0 Å². The molecule has 3 N–H and O–H groups in total. The summed E-state index contributed by atoms with van der Waals surface area (Å²) < 4.78 is 0. The number of carbonyl (C=O) groups is 2. The highest BCUT2D eigenvalue weighted by atomic mass is 16.2. The van der Waals surface area contributed by atoms with Gasteiger partial charge in [0, 0.05) is 32.0 Å². The van der Waals surface area contributed by atoms with Crippen molar-refractivity contribution in [3.63, 3.8) is 0 Å². The number of amides is 3. The first-order valence-corrected chi connectivity index (χ1v) is 7.89. The Morgan fingerprint density at radius 3 is 2.73 bits per heavy atom. The Morgan fingerprint density at radius 1 is 1.32 bits per heavy atom. The van der Waals surface area contributed by atoms with Gasteiger partial charge in [0.15, 0.2) is 0 Å². The lowest BCUT2D eigenvalue weighted by molar-refractivity contribution is 0.0685. The first kappa shape index (κ1) is 16.3. The number of hydrogen-bond acceptors (Lipinski definition) is 3. The van der Waals surface area contributed by atoms with Crippen LogP contribution < -0.4 is 11.1 Å². The van der Waals surface area contributed by atoms with Crippen LogP contribution in [0.5, 0.6) is 0 Å². The van der Waals surface area contributed by atoms with E-state index >= 15 is 0 Å². The number of urea groups is 1. The van der Waals surface area contributed by atoms with Crippen molar-refractivity contribution >= 4 is 11.9 Å². The summed E-state index contributed by atoms with van der Waals surface area (Å²) >= 11 is 0. The molecule has 2 rings (SSSR count). The van der Waals surface area contributed by atoms with Crippen molar-refractivity contribution in [3.8, 4) is 0 Å². The van der Waals surface area contributed by atoms with Crippen molar-refractivity contribution in [2.75, 3.05) is 19.6 Å². The van der Waals surface area contributed by atoms with Crippen LogP contribution in [0.1, 0.15) is 42.5 Å². The third-order valence-corrected chi connectivity index (χ3v) is 4.15. The lowest BCUT2D eigenvalue weighted by atomic mass is 9.91. The number of primary amides is 1. The highest BCUT2D eigenvalue weighted by Crippen LogP contribution is 2.23. The lowest BCUT2D eigenvalue weighted by Gasteiger charge is -2.32. The van der Waals surface area contributed by atoms with Gasteiger partial charge in [0.25, 0.3) is 5.91 Å². The average molecular weight is 304 g/mol. The molecular formula is C16H24N4O2. The number of hydrogen-bond donors (Lipinski definition) is 2. The van der Waals surface area contributed by atoms with Gasteiger partial charge in [-0.3, -0.25) is 9.78 Å². The van der Waals surface area contributed by atoms with Crippen molar-refractivity contribution in [1.29, 1.82) is 0 Å². The number of aromatic nitrogens is 1. The van der Waals surface area contributed by atoms with Crippen molar-refractivity contribution in [1.82, 2.24) is 15.2 Å². The second-order valence-corrected chi connectivity index (χ2v) is 5.76. The number of rotatable bonds is 6. The number of carbonyl (C=O) groups excluding carboxylic acids is 2. The molecule has 1 fully saturated rings. The zero-order chi connectivity index (χ0) is 15.8. The van der Waals surface area contributed by atoms with Gasteiger partial charge >= 0.3 is 6.03 Å². The van der Waals surface area contributed by atoms with Gasteiger partial charge in [-0.15, -0.1) is 0 Å². The molecule has 0 aliphatic carbocycles. The average Bonchev–Trinajstić information content (AvgIpc) is 2.55. The van der Waals surface area contributed by atoms with Crippen LogP contribution in [0, 0.1) is 5.92 Å². The number of nitrogens with one attached hydrogen (secondary N) is 1. The summed E-state index contributed by atoms with van der Waals surface area (Å²) in [6.45, 7) is 2.28. The van der Waals surface area contributed by atoms with Gasteiger partial charge in [-0.25, -0.2) is 4.79 Å². The fraction of sp³-hybridized carbons (Fsp3) is 0.562. The molecule has 0 saturated carbocycles. The number of unbranched alkanes of at least 4 members (excludes halogenated alkanes) is 1. The van der Waals surface area contributed by atoms with Crippen LogP contribution in [0.2, 0.25) is 0 Å². The van der Waals surface area contributed by atoms with E-state index in [0.29, 0.717) is 18.0 Å². The molecule has 6 nitrogen and oxygen atoms in total. The summed E-state index contributed by atoms with van der Waals surface area (Å²) in [4.78, 5) is 28.8. The zero-order valence-electron chi connectivity index (χ0n) is 12.8. The van der Waals surface area contributed by atoms with Crippen LogP contribution in [-0.4, -0.2) is 41.5 Å². The van der Waals surface area contributed by atoms with E-state index in [9.17, 15) is 9.59 Å². The summed E-state index contributed by atoms with van der Waals surface area (Å²) in [5, 5.41) is 2.60. The summed E-state index contributed by atoms with van der Waals surface area (Å²) in [5.41, 5.74) is 5.68. The molecule has 0 bridgehead atoms. The van der Waals surface area contributed by atoms with Crippen molar-refractivity contribution < 1.29 is 9.59 Å². The molecule has 1 saturated heterocycles. The molecule has 120 valence electrons. The Bertz CT molecular complexity index is 484. The number of nitrogens with two attached hydrogens (primary N) is 1. The van der Waals surface area contributed by atoms with Gasteiger partial charge in [-0.05, 0) is 37.3 Å². The molecule has 1 aromatic heterocycles. The van der Waals surface area contributed by atoms with Crippen LogP contribution in [0.4, 0.5) is 4.79 Å². The first-order valence-electron chi connectivity index (χ1n) is 7.89. The molecule has 0 spiro atoms. The van der Waals surface area contributed by atoms with E-state index in [-0.39, 0.29) is 5.91 Å². The lowest BCUT2D eigenvalue weighted by Crippen LogP contribution is -2.38. The summed E-state index contributed by atoms with van der Waals surface area (Å²) in [6, 6.07) is 3.15.